The van der Waals surface area contributed by atoms with Crippen molar-refractivity contribution in [2.75, 3.05) is 6.61 Å². The van der Waals surface area contributed by atoms with Gasteiger partial charge in [0.25, 0.3) is 0 Å². The number of amidine groups is 1. The van der Waals surface area contributed by atoms with E-state index in [4.69, 9.17) is 15.9 Å². The lowest BCUT2D eigenvalue weighted by atomic mass is 10.2. The Labute approximate surface area is 105 Å². The Bertz CT molecular complexity index is 324. The first-order valence-electron chi connectivity index (χ1n) is 5.33. The van der Waals surface area contributed by atoms with Gasteiger partial charge in [-0.1, -0.05) is 28.1 Å². The largest absolute Gasteiger partial charge is 0.388 e. The van der Waals surface area contributed by atoms with Crippen LogP contribution in [-0.2, 0) is 11.3 Å². The molecule has 16 heavy (non-hydrogen) atoms. The van der Waals surface area contributed by atoms with Crippen LogP contribution in [-0.4, -0.2) is 12.4 Å². The first-order valence-corrected chi connectivity index (χ1v) is 6.13. The van der Waals surface area contributed by atoms with Crippen molar-refractivity contribution < 1.29 is 4.74 Å². The van der Waals surface area contributed by atoms with E-state index in [1.165, 1.54) is 5.56 Å². The van der Waals surface area contributed by atoms with Gasteiger partial charge >= 0.3 is 0 Å². The van der Waals surface area contributed by atoms with Crippen LogP contribution < -0.4 is 5.73 Å². The van der Waals surface area contributed by atoms with Crippen LogP contribution in [0.15, 0.2) is 28.7 Å². The van der Waals surface area contributed by atoms with Crippen LogP contribution in [0.5, 0.6) is 0 Å². The number of halogens is 1. The molecule has 3 nitrogen and oxygen atoms in total. The van der Waals surface area contributed by atoms with Crippen molar-refractivity contribution >= 4 is 21.8 Å². The van der Waals surface area contributed by atoms with Crippen molar-refractivity contribution in [1.82, 2.24) is 0 Å². The Morgan fingerprint density at radius 1 is 1.25 bits per heavy atom. The number of nitrogens with two attached hydrogens (primary N) is 1. The van der Waals surface area contributed by atoms with Crippen LogP contribution in [0.4, 0.5) is 0 Å². The zero-order chi connectivity index (χ0) is 11.8. The highest BCUT2D eigenvalue weighted by Gasteiger charge is 1.95. The molecule has 0 heterocycles. The number of unbranched alkanes of at least 4 members (excludes halogenated alkanes) is 1. The molecular weight excluding hydrogens is 268 g/mol. The molecule has 0 saturated heterocycles. The standard InChI is InChI=1S/C12H17BrN2O/c13-11-6-4-10(5-7-11)9-16-8-2-1-3-12(14)15/h4-7H,1-3,8-9H2,(H3,14,15). The predicted molar refractivity (Wildman–Crippen MR) is 69.6 cm³/mol. The van der Waals surface area contributed by atoms with Gasteiger partial charge < -0.3 is 10.5 Å². The summed E-state index contributed by atoms with van der Waals surface area (Å²) in [6.45, 7) is 1.37. The second-order valence-corrected chi connectivity index (χ2v) is 4.58. The summed E-state index contributed by atoms with van der Waals surface area (Å²) in [5.41, 5.74) is 6.43. The normalized spacial score (nSPS) is 10.3. The second kappa shape index (κ2) is 7.41. The maximum absolute atomic E-state index is 7.06. The Morgan fingerprint density at radius 2 is 1.94 bits per heavy atom. The summed E-state index contributed by atoms with van der Waals surface area (Å²) in [4.78, 5) is 0. The number of nitrogens with one attached hydrogen (secondary N) is 1. The Hall–Kier alpha value is -0.870. The molecule has 1 rings (SSSR count). The van der Waals surface area contributed by atoms with Gasteiger partial charge in [-0.3, -0.25) is 5.41 Å². The molecule has 0 radical (unpaired) electrons. The van der Waals surface area contributed by atoms with Crippen LogP contribution in [0.25, 0.3) is 0 Å². The van der Waals surface area contributed by atoms with E-state index in [9.17, 15) is 0 Å². The predicted octanol–water partition coefficient (Wildman–Crippen LogP) is 3.07. The van der Waals surface area contributed by atoms with Crippen molar-refractivity contribution in [3.63, 3.8) is 0 Å². The van der Waals surface area contributed by atoms with Crippen molar-refractivity contribution in [3.8, 4) is 0 Å². The molecule has 0 aliphatic heterocycles. The zero-order valence-corrected chi connectivity index (χ0v) is 10.8. The highest BCUT2D eigenvalue weighted by atomic mass is 79.9. The van der Waals surface area contributed by atoms with Crippen molar-refractivity contribution in [2.24, 2.45) is 5.73 Å². The fraction of sp³-hybridized carbons (Fsp3) is 0.417. The van der Waals surface area contributed by atoms with Crippen LogP contribution in [0.2, 0.25) is 0 Å². The van der Waals surface area contributed by atoms with Gasteiger partial charge in [0.2, 0.25) is 0 Å². The fourth-order valence-electron chi connectivity index (χ4n) is 1.29. The molecular formula is C12H17BrN2O. The number of hydrogen-bond donors (Lipinski definition) is 2. The minimum atomic E-state index is 0.257. The Balaban J connectivity index is 2.07. The molecule has 0 aliphatic rings. The van der Waals surface area contributed by atoms with Crippen LogP contribution in [0.3, 0.4) is 0 Å². The topological polar surface area (TPSA) is 59.1 Å². The highest BCUT2D eigenvalue weighted by Crippen LogP contribution is 2.11. The van der Waals surface area contributed by atoms with Crippen LogP contribution >= 0.6 is 15.9 Å². The average Bonchev–Trinajstić information content (AvgIpc) is 2.25. The maximum Gasteiger partial charge on any atom is 0.0905 e. The lowest BCUT2D eigenvalue weighted by molar-refractivity contribution is 0.117. The third-order valence-electron chi connectivity index (χ3n) is 2.17. The van der Waals surface area contributed by atoms with Gasteiger partial charge in [0.1, 0.15) is 0 Å². The first-order chi connectivity index (χ1) is 7.68. The molecule has 3 N–H and O–H groups in total. The summed E-state index contributed by atoms with van der Waals surface area (Å²) < 4.78 is 6.60. The van der Waals surface area contributed by atoms with Gasteiger partial charge in [0.05, 0.1) is 12.4 Å². The van der Waals surface area contributed by atoms with E-state index in [0.29, 0.717) is 13.0 Å². The monoisotopic (exact) mass is 284 g/mol. The van der Waals surface area contributed by atoms with E-state index in [1.54, 1.807) is 0 Å². The van der Waals surface area contributed by atoms with Crippen LogP contribution in [0.1, 0.15) is 24.8 Å². The minimum absolute atomic E-state index is 0.257. The molecule has 1 aromatic carbocycles. The lowest BCUT2D eigenvalue weighted by Crippen LogP contribution is -2.09. The molecule has 0 fully saturated rings. The Morgan fingerprint density at radius 3 is 2.56 bits per heavy atom. The molecule has 88 valence electrons. The summed E-state index contributed by atoms with van der Waals surface area (Å²) in [7, 11) is 0. The van der Waals surface area contributed by atoms with Gasteiger partial charge in [0.15, 0.2) is 0 Å². The molecule has 1 aromatic rings. The lowest BCUT2D eigenvalue weighted by Gasteiger charge is -2.04. The summed E-state index contributed by atoms with van der Waals surface area (Å²) in [5, 5.41) is 7.06. The third-order valence-corrected chi connectivity index (χ3v) is 2.70. The van der Waals surface area contributed by atoms with E-state index < -0.39 is 0 Å². The maximum atomic E-state index is 7.06. The number of ether oxygens (including phenoxy) is 1. The number of hydrogen-bond acceptors (Lipinski definition) is 2. The summed E-state index contributed by atoms with van der Waals surface area (Å²) in [6, 6.07) is 8.10. The van der Waals surface area contributed by atoms with Crippen molar-refractivity contribution in [2.45, 2.75) is 25.9 Å². The third kappa shape index (κ3) is 5.88. The molecule has 0 aromatic heterocycles. The first kappa shape index (κ1) is 13.2. The molecule has 0 spiro atoms. The van der Waals surface area contributed by atoms with Gasteiger partial charge in [0, 0.05) is 17.5 Å². The minimum Gasteiger partial charge on any atom is -0.388 e. The van der Waals surface area contributed by atoms with E-state index in [1.807, 2.05) is 24.3 Å². The van der Waals surface area contributed by atoms with E-state index in [-0.39, 0.29) is 5.84 Å². The molecule has 0 aliphatic carbocycles. The number of benzene rings is 1. The van der Waals surface area contributed by atoms with E-state index in [0.717, 1.165) is 23.9 Å². The smallest absolute Gasteiger partial charge is 0.0905 e. The van der Waals surface area contributed by atoms with Crippen molar-refractivity contribution in [3.05, 3.63) is 34.3 Å². The van der Waals surface area contributed by atoms with Crippen molar-refractivity contribution in [1.29, 1.82) is 5.41 Å². The quantitative estimate of drug-likeness (QED) is 0.459. The summed E-state index contributed by atoms with van der Waals surface area (Å²) in [6.07, 6.45) is 2.55. The molecule has 0 atom stereocenters. The zero-order valence-electron chi connectivity index (χ0n) is 9.21. The molecule has 0 amide bonds. The highest BCUT2D eigenvalue weighted by molar-refractivity contribution is 9.10. The molecule has 0 saturated carbocycles. The average molecular weight is 285 g/mol. The SMILES string of the molecule is N=C(N)CCCCOCc1ccc(Br)cc1. The summed E-state index contributed by atoms with van der Waals surface area (Å²) >= 11 is 3.39. The molecule has 0 unspecified atom stereocenters. The Kier molecular flexibility index (Phi) is 6.11. The van der Waals surface area contributed by atoms with E-state index >= 15 is 0 Å². The summed E-state index contributed by atoms with van der Waals surface area (Å²) in [5.74, 6) is 0.257. The van der Waals surface area contributed by atoms with Gasteiger partial charge in [-0.2, -0.15) is 0 Å². The van der Waals surface area contributed by atoms with Crippen LogP contribution in [0, 0.1) is 5.41 Å². The fourth-order valence-corrected chi connectivity index (χ4v) is 1.55. The second-order valence-electron chi connectivity index (χ2n) is 3.66. The van der Waals surface area contributed by atoms with Gasteiger partial charge in [-0.05, 0) is 30.5 Å². The van der Waals surface area contributed by atoms with E-state index in [2.05, 4.69) is 15.9 Å². The molecule has 0 bridgehead atoms. The number of rotatable bonds is 7. The van der Waals surface area contributed by atoms with Gasteiger partial charge in [-0.25, -0.2) is 0 Å². The molecule has 4 heteroatoms. The van der Waals surface area contributed by atoms with Gasteiger partial charge in [-0.15, -0.1) is 0 Å².